The number of benzene rings is 2. The van der Waals surface area contributed by atoms with Crippen LogP contribution in [0.15, 0.2) is 46.2 Å². The van der Waals surface area contributed by atoms with E-state index < -0.39 is 25.7 Å². The van der Waals surface area contributed by atoms with E-state index in [4.69, 9.17) is 0 Å². The normalized spacial score (nSPS) is 13.0. The zero-order valence-electron chi connectivity index (χ0n) is 15.7. The van der Waals surface area contributed by atoms with Crippen LogP contribution in [0.5, 0.6) is 0 Å². The monoisotopic (exact) mass is 412 g/mol. The van der Waals surface area contributed by atoms with Gasteiger partial charge >= 0.3 is 0 Å². The lowest BCUT2D eigenvalue weighted by Gasteiger charge is -2.27. The summed E-state index contributed by atoms with van der Waals surface area (Å²) in [4.78, 5) is -0.305. The quantitative estimate of drug-likeness (QED) is 0.702. The molecule has 2 aromatic rings. The Labute approximate surface area is 160 Å². The Morgan fingerprint density at radius 2 is 1.07 bits per heavy atom. The molecule has 0 saturated heterocycles. The fraction of sp³-hybridized carbons (Fsp3) is 0.368. The Bertz CT molecular complexity index is 982. The van der Waals surface area contributed by atoms with Gasteiger partial charge in [0.2, 0.25) is 0 Å². The smallest absolute Gasteiger partial charge is 0.282 e. The molecule has 0 aliphatic rings. The molecule has 0 unspecified atom stereocenters. The molecule has 0 fully saturated rings. The van der Waals surface area contributed by atoms with Crippen LogP contribution in [0.25, 0.3) is 0 Å². The highest BCUT2D eigenvalue weighted by molar-refractivity contribution is 7.86. The number of hydrogen-bond acceptors (Lipinski definition) is 4. The van der Waals surface area contributed by atoms with E-state index >= 15 is 0 Å². The SMILES string of the molecule is Cc1ccc(S(=O)(=O)O)c(CC(C)(C)Cc2cc(C)ccc2S(=O)(=O)O)c1. The maximum absolute atomic E-state index is 11.7. The van der Waals surface area contributed by atoms with Crippen molar-refractivity contribution in [2.45, 2.75) is 50.3 Å². The summed E-state index contributed by atoms with van der Waals surface area (Å²) < 4.78 is 65.7. The Hall–Kier alpha value is -1.74. The van der Waals surface area contributed by atoms with Crippen LogP contribution < -0.4 is 0 Å². The van der Waals surface area contributed by atoms with Gasteiger partial charge in [-0.3, -0.25) is 9.11 Å². The molecular weight excluding hydrogens is 388 g/mol. The lowest BCUT2D eigenvalue weighted by Crippen LogP contribution is -2.21. The largest absolute Gasteiger partial charge is 0.294 e. The molecule has 8 heteroatoms. The average molecular weight is 413 g/mol. The molecule has 2 N–H and O–H groups in total. The van der Waals surface area contributed by atoms with Crippen LogP contribution in [0.1, 0.15) is 36.1 Å². The standard InChI is InChI=1S/C19H24O6S2/c1-13-5-7-17(26(20,21)22)15(9-13)11-19(3,4)12-16-10-14(2)6-8-18(16)27(23,24)25/h5-10H,11-12H2,1-4H3,(H,20,21,22)(H,23,24,25). The Morgan fingerprint density at radius 1 is 0.741 bits per heavy atom. The van der Waals surface area contributed by atoms with E-state index in [1.807, 2.05) is 27.7 Å². The maximum Gasteiger partial charge on any atom is 0.294 e. The Kier molecular flexibility index (Phi) is 5.87. The van der Waals surface area contributed by atoms with Crippen LogP contribution in [0, 0.1) is 19.3 Å². The Morgan fingerprint density at radius 3 is 1.37 bits per heavy atom. The molecule has 0 saturated carbocycles. The zero-order valence-corrected chi connectivity index (χ0v) is 17.4. The molecule has 6 nitrogen and oxygen atoms in total. The fourth-order valence-corrected chi connectivity index (χ4v) is 4.69. The van der Waals surface area contributed by atoms with Crippen LogP contribution in [0.4, 0.5) is 0 Å². The van der Waals surface area contributed by atoms with Crippen molar-refractivity contribution in [3.05, 3.63) is 58.7 Å². The second-order valence-electron chi connectivity index (χ2n) is 7.69. The van der Waals surface area contributed by atoms with Crippen molar-refractivity contribution in [2.75, 3.05) is 0 Å². The summed E-state index contributed by atoms with van der Waals surface area (Å²) in [6.07, 6.45) is 0.589. The number of aryl methyl sites for hydroxylation is 2. The van der Waals surface area contributed by atoms with Gasteiger partial charge in [0.25, 0.3) is 20.2 Å². The first kappa shape index (κ1) is 21.6. The summed E-state index contributed by atoms with van der Waals surface area (Å²) in [7, 11) is -8.74. The van der Waals surface area contributed by atoms with Crippen LogP contribution in [-0.2, 0) is 33.1 Å². The first-order valence-corrected chi connectivity index (χ1v) is 11.2. The molecule has 148 valence electrons. The lowest BCUT2D eigenvalue weighted by molar-refractivity contribution is 0.354. The van der Waals surface area contributed by atoms with E-state index in [1.54, 1.807) is 24.3 Å². The third kappa shape index (κ3) is 5.62. The van der Waals surface area contributed by atoms with E-state index in [0.29, 0.717) is 24.0 Å². The predicted molar refractivity (Wildman–Crippen MR) is 103 cm³/mol. The highest BCUT2D eigenvalue weighted by Gasteiger charge is 2.27. The average Bonchev–Trinajstić information content (AvgIpc) is 2.43. The second-order valence-corrected chi connectivity index (χ2v) is 10.5. The van der Waals surface area contributed by atoms with Gasteiger partial charge in [0, 0.05) is 0 Å². The summed E-state index contributed by atoms with van der Waals surface area (Å²) in [6.45, 7) is 7.39. The van der Waals surface area contributed by atoms with E-state index in [-0.39, 0.29) is 9.79 Å². The third-order valence-corrected chi connectivity index (χ3v) is 6.23. The zero-order chi connectivity index (χ0) is 20.6. The summed E-state index contributed by atoms with van der Waals surface area (Å²) in [5.74, 6) is 0. The molecule has 0 aliphatic carbocycles. The van der Waals surface area contributed by atoms with Gasteiger partial charge in [0.1, 0.15) is 0 Å². The minimum atomic E-state index is -4.37. The second kappa shape index (κ2) is 7.35. The highest BCUT2D eigenvalue weighted by atomic mass is 32.2. The van der Waals surface area contributed by atoms with E-state index in [0.717, 1.165) is 11.1 Å². The number of rotatable bonds is 6. The van der Waals surface area contributed by atoms with E-state index in [9.17, 15) is 25.9 Å². The first-order valence-electron chi connectivity index (χ1n) is 8.33. The molecule has 0 radical (unpaired) electrons. The molecule has 0 bridgehead atoms. The summed E-state index contributed by atoms with van der Waals surface area (Å²) in [5, 5.41) is 0. The van der Waals surface area contributed by atoms with Crippen molar-refractivity contribution in [3.8, 4) is 0 Å². The molecule has 0 spiro atoms. The van der Waals surface area contributed by atoms with Gasteiger partial charge in [-0.05, 0) is 55.4 Å². The molecule has 0 amide bonds. The molecule has 2 aromatic carbocycles. The topological polar surface area (TPSA) is 109 Å². The van der Waals surface area contributed by atoms with Crippen molar-refractivity contribution in [1.29, 1.82) is 0 Å². The van der Waals surface area contributed by atoms with E-state index in [2.05, 4.69) is 0 Å². The molecular formula is C19H24O6S2. The van der Waals surface area contributed by atoms with Gasteiger partial charge in [0.05, 0.1) is 9.79 Å². The summed E-state index contributed by atoms with van der Waals surface area (Å²) >= 11 is 0. The maximum atomic E-state index is 11.7. The van der Waals surface area contributed by atoms with Crippen LogP contribution in [0.3, 0.4) is 0 Å². The van der Waals surface area contributed by atoms with Gasteiger partial charge < -0.3 is 0 Å². The lowest BCUT2D eigenvalue weighted by atomic mass is 9.80. The fourth-order valence-electron chi connectivity index (χ4n) is 3.29. The van der Waals surface area contributed by atoms with Crippen LogP contribution in [0.2, 0.25) is 0 Å². The van der Waals surface area contributed by atoms with Gasteiger partial charge in [-0.15, -0.1) is 0 Å². The van der Waals surface area contributed by atoms with E-state index in [1.165, 1.54) is 12.1 Å². The van der Waals surface area contributed by atoms with Gasteiger partial charge in [-0.1, -0.05) is 49.2 Å². The van der Waals surface area contributed by atoms with Gasteiger partial charge in [0.15, 0.2) is 0 Å². The molecule has 0 aromatic heterocycles. The Balaban J connectivity index is 2.46. The molecule has 27 heavy (non-hydrogen) atoms. The third-order valence-electron chi connectivity index (χ3n) is 4.33. The van der Waals surface area contributed by atoms with Gasteiger partial charge in [-0.2, -0.15) is 16.8 Å². The van der Waals surface area contributed by atoms with Crippen molar-refractivity contribution >= 4 is 20.2 Å². The van der Waals surface area contributed by atoms with Crippen molar-refractivity contribution < 1.29 is 25.9 Å². The highest BCUT2D eigenvalue weighted by Crippen LogP contribution is 2.32. The summed E-state index contributed by atoms with van der Waals surface area (Å²) in [6, 6.07) is 9.35. The van der Waals surface area contributed by atoms with Crippen LogP contribution in [-0.4, -0.2) is 25.9 Å². The molecule has 2 rings (SSSR count). The molecule has 0 heterocycles. The van der Waals surface area contributed by atoms with Gasteiger partial charge in [-0.25, -0.2) is 0 Å². The first-order chi connectivity index (χ1) is 12.2. The van der Waals surface area contributed by atoms with Crippen LogP contribution >= 0.6 is 0 Å². The minimum absolute atomic E-state index is 0.152. The predicted octanol–water partition coefficient (Wildman–Crippen LogP) is 3.61. The minimum Gasteiger partial charge on any atom is -0.282 e. The van der Waals surface area contributed by atoms with Crippen molar-refractivity contribution in [2.24, 2.45) is 5.41 Å². The number of hydrogen-bond donors (Lipinski definition) is 2. The molecule has 0 aliphatic heterocycles. The van der Waals surface area contributed by atoms with Crippen molar-refractivity contribution in [1.82, 2.24) is 0 Å². The molecule has 0 atom stereocenters. The summed E-state index contributed by atoms with van der Waals surface area (Å²) in [5.41, 5.74) is 2.08. The van der Waals surface area contributed by atoms with Crippen molar-refractivity contribution in [3.63, 3.8) is 0 Å².